The number of carbonyl (C=O) groups is 1. The van der Waals surface area contributed by atoms with E-state index in [9.17, 15) is 9.18 Å². The van der Waals surface area contributed by atoms with E-state index < -0.39 is 5.97 Å². The Bertz CT molecular complexity index is 658. The van der Waals surface area contributed by atoms with E-state index in [-0.39, 0.29) is 11.4 Å². The summed E-state index contributed by atoms with van der Waals surface area (Å²) in [6.07, 6.45) is 0. The van der Waals surface area contributed by atoms with Crippen LogP contribution >= 0.6 is 15.9 Å². The number of rotatable bonds is 4. The van der Waals surface area contributed by atoms with Crippen LogP contribution in [0.15, 0.2) is 40.9 Å². The summed E-state index contributed by atoms with van der Waals surface area (Å²) < 4.78 is 14.0. The van der Waals surface area contributed by atoms with Crippen molar-refractivity contribution in [1.29, 1.82) is 0 Å². The van der Waals surface area contributed by atoms with E-state index in [1.165, 1.54) is 18.2 Å². The van der Waals surface area contributed by atoms with Crippen LogP contribution in [-0.2, 0) is 6.54 Å². The lowest BCUT2D eigenvalue weighted by Crippen LogP contribution is -2.04. The molecule has 3 nitrogen and oxygen atoms in total. The molecule has 0 aromatic heterocycles. The predicted molar refractivity (Wildman–Crippen MR) is 79.6 cm³/mol. The Balaban J connectivity index is 2.15. The fourth-order valence-corrected chi connectivity index (χ4v) is 2.25. The van der Waals surface area contributed by atoms with Gasteiger partial charge in [0, 0.05) is 16.7 Å². The summed E-state index contributed by atoms with van der Waals surface area (Å²) in [6, 6.07) is 9.36. The summed E-state index contributed by atoms with van der Waals surface area (Å²) in [6.45, 7) is 2.28. The normalized spacial score (nSPS) is 10.3. The maximum Gasteiger partial charge on any atom is 0.335 e. The lowest BCUT2D eigenvalue weighted by atomic mass is 10.1. The number of nitrogens with one attached hydrogen (secondary N) is 1. The molecule has 0 aliphatic heterocycles. The molecule has 0 unspecified atom stereocenters. The molecule has 5 heteroatoms. The van der Waals surface area contributed by atoms with E-state index in [1.54, 1.807) is 18.2 Å². The highest BCUT2D eigenvalue weighted by atomic mass is 79.9. The molecule has 0 aliphatic carbocycles. The highest BCUT2D eigenvalue weighted by Crippen LogP contribution is 2.21. The van der Waals surface area contributed by atoms with Crippen LogP contribution in [0.1, 0.15) is 21.5 Å². The van der Waals surface area contributed by atoms with E-state index in [0.717, 1.165) is 21.3 Å². The van der Waals surface area contributed by atoms with Crippen molar-refractivity contribution in [2.24, 2.45) is 0 Å². The molecular weight excluding hydrogens is 325 g/mol. The van der Waals surface area contributed by atoms with Gasteiger partial charge in [0.1, 0.15) is 5.82 Å². The molecule has 0 fully saturated rings. The number of carboxylic acids is 1. The van der Waals surface area contributed by atoms with Gasteiger partial charge in [0.2, 0.25) is 0 Å². The highest BCUT2D eigenvalue weighted by molar-refractivity contribution is 9.10. The minimum absolute atomic E-state index is 0.250. The Labute approximate surface area is 124 Å². The highest BCUT2D eigenvalue weighted by Gasteiger charge is 2.07. The Hall–Kier alpha value is -1.88. The molecule has 104 valence electrons. The number of aryl methyl sites for hydroxylation is 1. The molecule has 20 heavy (non-hydrogen) atoms. The molecule has 0 saturated carbocycles. The Morgan fingerprint density at radius 1 is 1.30 bits per heavy atom. The maximum absolute atomic E-state index is 13.2. The summed E-state index contributed by atoms with van der Waals surface area (Å²) in [5.41, 5.74) is 2.70. The molecular formula is C15H13BrFNO2. The second-order valence-electron chi connectivity index (χ2n) is 4.42. The van der Waals surface area contributed by atoms with Gasteiger partial charge < -0.3 is 10.4 Å². The van der Waals surface area contributed by atoms with Crippen LogP contribution in [0.4, 0.5) is 10.1 Å². The van der Waals surface area contributed by atoms with Gasteiger partial charge in [-0.3, -0.25) is 0 Å². The van der Waals surface area contributed by atoms with Crippen molar-refractivity contribution in [3.63, 3.8) is 0 Å². The molecule has 0 radical (unpaired) electrons. The average molecular weight is 338 g/mol. The van der Waals surface area contributed by atoms with Crippen LogP contribution in [0.3, 0.4) is 0 Å². The van der Waals surface area contributed by atoms with E-state index in [0.29, 0.717) is 6.54 Å². The first-order valence-electron chi connectivity index (χ1n) is 5.99. The van der Waals surface area contributed by atoms with E-state index in [2.05, 4.69) is 21.2 Å². The second kappa shape index (κ2) is 6.05. The number of aromatic carboxylic acids is 1. The molecule has 0 atom stereocenters. The number of hydrogen-bond donors (Lipinski definition) is 2. The van der Waals surface area contributed by atoms with Gasteiger partial charge >= 0.3 is 5.97 Å². The maximum atomic E-state index is 13.2. The van der Waals surface area contributed by atoms with Crippen LogP contribution in [0.5, 0.6) is 0 Å². The summed E-state index contributed by atoms with van der Waals surface area (Å²) in [5.74, 6) is -1.24. The zero-order valence-electron chi connectivity index (χ0n) is 10.8. The van der Waals surface area contributed by atoms with Crippen molar-refractivity contribution in [2.75, 3.05) is 5.32 Å². The van der Waals surface area contributed by atoms with Crippen LogP contribution in [-0.4, -0.2) is 11.1 Å². The predicted octanol–water partition coefficient (Wildman–Crippen LogP) is 4.21. The summed E-state index contributed by atoms with van der Waals surface area (Å²) in [4.78, 5) is 10.9. The van der Waals surface area contributed by atoms with Crippen LogP contribution in [0.25, 0.3) is 0 Å². The first-order chi connectivity index (χ1) is 9.47. The molecule has 2 N–H and O–H groups in total. The van der Waals surface area contributed by atoms with Gasteiger partial charge in [-0.05, 0) is 54.4 Å². The molecule has 0 amide bonds. The van der Waals surface area contributed by atoms with Crippen molar-refractivity contribution < 1.29 is 14.3 Å². The lowest BCUT2D eigenvalue weighted by Gasteiger charge is -2.11. The van der Waals surface area contributed by atoms with Gasteiger partial charge in [-0.2, -0.15) is 0 Å². The third-order valence-corrected chi connectivity index (χ3v) is 3.72. The summed E-state index contributed by atoms with van der Waals surface area (Å²) >= 11 is 3.37. The van der Waals surface area contributed by atoms with Gasteiger partial charge in [-0.1, -0.05) is 15.9 Å². The first-order valence-corrected chi connectivity index (χ1v) is 6.78. The quantitative estimate of drug-likeness (QED) is 0.878. The fraction of sp³-hybridized carbons (Fsp3) is 0.133. The van der Waals surface area contributed by atoms with Gasteiger partial charge in [0.15, 0.2) is 0 Å². The van der Waals surface area contributed by atoms with E-state index >= 15 is 0 Å². The standard InChI is InChI=1S/C15H13BrFNO2/c1-9-6-10(15(19)20)2-5-14(9)18-8-11-7-12(17)3-4-13(11)16/h2-7,18H,8H2,1H3,(H,19,20). The third-order valence-electron chi connectivity index (χ3n) is 2.95. The van der Waals surface area contributed by atoms with Crippen molar-refractivity contribution in [2.45, 2.75) is 13.5 Å². The average Bonchev–Trinajstić information content (AvgIpc) is 2.40. The second-order valence-corrected chi connectivity index (χ2v) is 5.28. The van der Waals surface area contributed by atoms with Crippen LogP contribution in [0, 0.1) is 12.7 Å². The van der Waals surface area contributed by atoms with Gasteiger partial charge in [0.25, 0.3) is 0 Å². The van der Waals surface area contributed by atoms with Gasteiger partial charge in [-0.25, -0.2) is 9.18 Å². The zero-order chi connectivity index (χ0) is 14.7. The Morgan fingerprint density at radius 3 is 2.70 bits per heavy atom. The molecule has 0 spiro atoms. The van der Waals surface area contributed by atoms with Crippen molar-refractivity contribution in [1.82, 2.24) is 0 Å². The minimum Gasteiger partial charge on any atom is -0.478 e. The largest absolute Gasteiger partial charge is 0.478 e. The molecule has 2 rings (SSSR count). The Morgan fingerprint density at radius 2 is 2.05 bits per heavy atom. The van der Waals surface area contributed by atoms with Crippen molar-refractivity contribution in [3.8, 4) is 0 Å². The zero-order valence-corrected chi connectivity index (χ0v) is 12.4. The fourth-order valence-electron chi connectivity index (χ4n) is 1.86. The van der Waals surface area contributed by atoms with Crippen LogP contribution in [0.2, 0.25) is 0 Å². The topological polar surface area (TPSA) is 49.3 Å². The SMILES string of the molecule is Cc1cc(C(=O)O)ccc1NCc1cc(F)ccc1Br. The molecule has 0 heterocycles. The van der Waals surface area contributed by atoms with Crippen molar-refractivity contribution in [3.05, 3.63) is 63.4 Å². The number of hydrogen-bond acceptors (Lipinski definition) is 2. The molecule has 2 aromatic carbocycles. The number of carboxylic acid groups (broad SMARTS) is 1. The monoisotopic (exact) mass is 337 g/mol. The number of benzene rings is 2. The molecule has 2 aromatic rings. The Kier molecular flexibility index (Phi) is 4.39. The van der Waals surface area contributed by atoms with Gasteiger partial charge in [0.05, 0.1) is 5.56 Å². The van der Waals surface area contributed by atoms with E-state index in [1.807, 2.05) is 6.92 Å². The number of anilines is 1. The van der Waals surface area contributed by atoms with E-state index in [4.69, 9.17) is 5.11 Å². The smallest absolute Gasteiger partial charge is 0.335 e. The first kappa shape index (κ1) is 14.5. The van der Waals surface area contributed by atoms with Crippen LogP contribution < -0.4 is 5.32 Å². The number of halogens is 2. The third kappa shape index (κ3) is 3.36. The summed E-state index contributed by atoms with van der Waals surface area (Å²) in [5, 5.41) is 12.1. The molecule has 0 saturated heterocycles. The summed E-state index contributed by atoms with van der Waals surface area (Å²) in [7, 11) is 0. The minimum atomic E-state index is -0.951. The molecule has 0 bridgehead atoms. The lowest BCUT2D eigenvalue weighted by molar-refractivity contribution is 0.0697. The van der Waals surface area contributed by atoms with Crippen molar-refractivity contribution >= 4 is 27.6 Å². The van der Waals surface area contributed by atoms with Gasteiger partial charge in [-0.15, -0.1) is 0 Å². The molecule has 0 aliphatic rings.